The maximum Gasteiger partial charge on any atom is 0.306 e. The number of rotatable bonds is 10. The Labute approximate surface area is 167 Å². The topological polar surface area (TPSA) is 117 Å². The van der Waals surface area contributed by atoms with Crippen LogP contribution < -0.4 is 14.8 Å². The molecule has 2 aromatic rings. The minimum absolute atomic E-state index is 0.0401. The number of methoxy groups -OCH3 is 1. The third kappa shape index (κ3) is 6.80. The van der Waals surface area contributed by atoms with Crippen molar-refractivity contribution in [2.45, 2.75) is 25.9 Å². The number of nitro groups is 1. The second-order valence-electron chi connectivity index (χ2n) is 6.02. The molecule has 0 unspecified atom stereocenters. The number of carbonyl (C=O) groups is 2. The Bertz CT molecular complexity index is 852. The van der Waals surface area contributed by atoms with Gasteiger partial charge in [0.1, 0.15) is 17.2 Å². The van der Waals surface area contributed by atoms with E-state index in [1.807, 2.05) is 0 Å². The minimum Gasteiger partial charge on any atom is -0.497 e. The summed E-state index contributed by atoms with van der Waals surface area (Å²) < 4.78 is 15.6. The van der Waals surface area contributed by atoms with Crippen LogP contribution in [0.1, 0.15) is 19.8 Å². The summed E-state index contributed by atoms with van der Waals surface area (Å²) in [6, 6.07) is 12.8. The van der Waals surface area contributed by atoms with Crippen LogP contribution in [0.25, 0.3) is 0 Å². The zero-order valence-electron chi connectivity index (χ0n) is 16.1. The number of hydrogen-bond donors (Lipinski definition) is 1. The monoisotopic (exact) mass is 402 g/mol. The van der Waals surface area contributed by atoms with Gasteiger partial charge in [0.05, 0.1) is 18.6 Å². The third-order valence-corrected chi connectivity index (χ3v) is 3.89. The van der Waals surface area contributed by atoms with E-state index in [9.17, 15) is 19.7 Å². The lowest BCUT2D eigenvalue weighted by Gasteiger charge is -2.13. The van der Waals surface area contributed by atoms with Crippen molar-refractivity contribution in [3.63, 3.8) is 0 Å². The molecule has 0 bridgehead atoms. The van der Waals surface area contributed by atoms with Gasteiger partial charge in [0.2, 0.25) is 0 Å². The number of nitrogens with one attached hydrogen (secondary N) is 1. The Kier molecular flexibility index (Phi) is 7.96. The highest BCUT2D eigenvalue weighted by atomic mass is 16.6. The van der Waals surface area contributed by atoms with E-state index in [2.05, 4.69) is 5.32 Å². The van der Waals surface area contributed by atoms with E-state index in [4.69, 9.17) is 14.2 Å². The van der Waals surface area contributed by atoms with Crippen molar-refractivity contribution in [2.24, 2.45) is 0 Å². The standard InChI is InChI=1S/C20H22N2O7/c1-14(20(24)21-17-6-3-4-7-18(17)22(25)26)29-19(23)8-5-13-28-16-11-9-15(27-2)10-12-16/h3-4,6-7,9-12,14H,5,8,13H2,1-2H3,(H,21,24)/t14-/m0/s1. The number of nitrogens with zero attached hydrogens (tertiary/aromatic N) is 1. The van der Waals surface area contributed by atoms with Gasteiger partial charge >= 0.3 is 5.97 Å². The second-order valence-corrected chi connectivity index (χ2v) is 6.02. The summed E-state index contributed by atoms with van der Waals surface area (Å²) in [7, 11) is 1.57. The summed E-state index contributed by atoms with van der Waals surface area (Å²) in [5, 5.41) is 13.4. The first-order chi connectivity index (χ1) is 13.9. The predicted molar refractivity (Wildman–Crippen MR) is 105 cm³/mol. The molecule has 1 N–H and O–H groups in total. The van der Waals surface area contributed by atoms with Crippen LogP contribution in [0.3, 0.4) is 0 Å². The van der Waals surface area contributed by atoms with Crippen LogP contribution in [0.15, 0.2) is 48.5 Å². The molecule has 2 aromatic carbocycles. The number of nitro benzene ring substituents is 1. The van der Waals surface area contributed by atoms with Crippen molar-refractivity contribution in [1.29, 1.82) is 0 Å². The van der Waals surface area contributed by atoms with Crippen molar-refractivity contribution in [3.05, 3.63) is 58.6 Å². The first kappa shape index (κ1) is 21.7. The highest BCUT2D eigenvalue weighted by molar-refractivity contribution is 5.96. The molecular weight excluding hydrogens is 380 g/mol. The molecular formula is C20H22N2O7. The SMILES string of the molecule is COc1ccc(OCCCC(=O)O[C@@H](C)C(=O)Nc2ccccc2[N+](=O)[O-])cc1. The number of hydrogen-bond acceptors (Lipinski definition) is 7. The Morgan fingerprint density at radius 1 is 1.10 bits per heavy atom. The highest BCUT2D eigenvalue weighted by Crippen LogP contribution is 2.23. The second kappa shape index (κ2) is 10.6. The van der Waals surface area contributed by atoms with Crippen LogP contribution in [0, 0.1) is 10.1 Å². The summed E-state index contributed by atoms with van der Waals surface area (Å²) >= 11 is 0. The summed E-state index contributed by atoms with van der Waals surface area (Å²) in [5.41, 5.74) is -0.201. The fourth-order valence-corrected chi connectivity index (χ4v) is 2.36. The molecule has 1 amide bonds. The van der Waals surface area contributed by atoms with Crippen LogP contribution in [-0.4, -0.2) is 36.6 Å². The molecule has 0 aliphatic carbocycles. The summed E-state index contributed by atoms with van der Waals surface area (Å²) in [5.74, 6) is 0.154. The maximum absolute atomic E-state index is 12.1. The lowest BCUT2D eigenvalue weighted by atomic mass is 10.2. The van der Waals surface area contributed by atoms with Crippen LogP contribution in [-0.2, 0) is 14.3 Å². The molecule has 0 radical (unpaired) electrons. The molecule has 2 rings (SSSR count). The quantitative estimate of drug-likeness (QED) is 0.280. The smallest absolute Gasteiger partial charge is 0.306 e. The fourth-order valence-electron chi connectivity index (χ4n) is 2.36. The Morgan fingerprint density at radius 3 is 2.41 bits per heavy atom. The van der Waals surface area contributed by atoms with Crippen molar-refractivity contribution < 1.29 is 28.7 Å². The van der Waals surface area contributed by atoms with Gasteiger partial charge < -0.3 is 19.5 Å². The number of esters is 1. The normalized spacial score (nSPS) is 11.2. The molecule has 0 aliphatic heterocycles. The Hall–Kier alpha value is -3.62. The van der Waals surface area contributed by atoms with Crippen molar-refractivity contribution in [1.82, 2.24) is 0 Å². The zero-order chi connectivity index (χ0) is 21.2. The van der Waals surface area contributed by atoms with Crippen LogP contribution >= 0.6 is 0 Å². The lowest BCUT2D eigenvalue weighted by Crippen LogP contribution is -2.30. The van der Waals surface area contributed by atoms with Crippen molar-refractivity contribution in [2.75, 3.05) is 19.0 Å². The maximum atomic E-state index is 12.1. The number of benzene rings is 2. The molecule has 0 fully saturated rings. The van der Waals surface area contributed by atoms with E-state index in [-0.39, 0.29) is 17.8 Å². The van der Waals surface area contributed by atoms with Gasteiger partial charge in [-0.1, -0.05) is 12.1 Å². The van der Waals surface area contributed by atoms with E-state index in [1.54, 1.807) is 37.4 Å². The first-order valence-electron chi connectivity index (χ1n) is 8.91. The number of para-hydroxylation sites is 2. The largest absolute Gasteiger partial charge is 0.497 e. The fraction of sp³-hybridized carbons (Fsp3) is 0.300. The molecule has 0 saturated carbocycles. The molecule has 1 atom stereocenters. The van der Waals surface area contributed by atoms with E-state index in [0.29, 0.717) is 24.5 Å². The number of ether oxygens (including phenoxy) is 3. The zero-order valence-corrected chi connectivity index (χ0v) is 16.1. The minimum atomic E-state index is -1.09. The van der Waals surface area contributed by atoms with E-state index in [1.165, 1.54) is 25.1 Å². The van der Waals surface area contributed by atoms with Gasteiger partial charge in [-0.15, -0.1) is 0 Å². The van der Waals surface area contributed by atoms with E-state index in [0.717, 1.165) is 0 Å². The molecule has 0 spiro atoms. The first-order valence-corrected chi connectivity index (χ1v) is 8.91. The third-order valence-electron chi connectivity index (χ3n) is 3.89. The van der Waals surface area contributed by atoms with Crippen molar-refractivity contribution >= 4 is 23.3 Å². The summed E-state index contributed by atoms with van der Waals surface area (Å²) in [6.45, 7) is 1.70. The van der Waals surface area contributed by atoms with E-state index < -0.39 is 22.9 Å². The molecule has 0 aliphatic rings. The predicted octanol–water partition coefficient (Wildman–Crippen LogP) is 3.33. The van der Waals surface area contributed by atoms with Crippen LogP contribution in [0.2, 0.25) is 0 Å². The summed E-state index contributed by atoms with van der Waals surface area (Å²) in [4.78, 5) is 34.4. The van der Waals surface area contributed by atoms with Gasteiger partial charge in [0.25, 0.3) is 11.6 Å². The van der Waals surface area contributed by atoms with Gasteiger partial charge in [0.15, 0.2) is 6.10 Å². The van der Waals surface area contributed by atoms with Crippen LogP contribution in [0.5, 0.6) is 11.5 Å². The molecule has 0 aromatic heterocycles. The van der Waals surface area contributed by atoms with Crippen LogP contribution in [0.4, 0.5) is 11.4 Å². The van der Waals surface area contributed by atoms with Crippen molar-refractivity contribution in [3.8, 4) is 11.5 Å². The molecule has 0 saturated heterocycles. The number of anilines is 1. The van der Waals surface area contributed by atoms with Gasteiger partial charge in [-0.2, -0.15) is 0 Å². The van der Waals surface area contributed by atoms with Gasteiger partial charge in [0, 0.05) is 12.5 Å². The van der Waals surface area contributed by atoms with Gasteiger partial charge in [-0.25, -0.2) is 0 Å². The van der Waals surface area contributed by atoms with E-state index >= 15 is 0 Å². The number of amides is 1. The average Bonchev–Trinajstić information content (AvgIpc) is 2.71. The summed E-state index contributed by atoms with van der Waals surface area (Å²) in [6.07, 6.45) is -0.618. The lowest BCUT2D eigenvalue weighted by molar-refractivity contribution is -0.383. The Morgan fingerprint density at radius 2 is 1.76 bits per heavy atom. The highest BCUT2D eigenvalue weighted by Gasteiger charge is 2.21. The Balaban J connectivity index is 1.73. The van der Waals surface area contributed by atoms with Gasteiger partial charge in [-0.05, 0) is 43.7 Å². The average molecular weight is 402 g/mol. The molecule has 9 heteroatoms. The molecule has 9 nitrogen and oxygen atoms in total. The van der Waals surface area contributed by atoms with Gasteiger partial charge in [-0.3, -0.25) is 19.7 Å². The molecule has 0 heterocycles. The molecule has 29 heavy (non-hydrogen) atoms. The number of carbonyl (C=O) groups excluding carboxylic acids is 2. The molecule has 154 valence electrons.